The monoisotopic (exact) mass is 254 g/mol. The molecule has 2 nitrogen and oxygen atoms in total. The van der Waals surface area contributed by atoms with Crippen LogP contribution in [-0.4, -0.2) is 37.6 Å². The summed E-state index contributed by atoms with van der Waals surface area (Å²) in [6.07, 6.45) is 1.16. The first-order valence-electron chi connectivity index (χ1n) is 6.67. The van der Waals surface area contributed by atoms with Crippen LogP contribution in [0.25, 0.3) is 0 Å². The van der Waals surface area contributed by atoms with Crippen LogP contribution in [0.4, 0.5) is 0 Å². The van der Waals surface area contributed by atoms with Gasteiger partial charge in [-0.2, -0.15) is 0 Å². The van der Waals surface area contributed by atoms with Gasteiger partial charge in [0, 0.05) is 31.1 Å². The second kappa shape index (κ2) is 8.67. The van der Waals surface area contributed by atoms with Crippen LogP contribution in [0.15, 0.2) is 17.5 Å². The summed E-state index contributed by atoms with van der Waals surface area (Å²) in [5.74, 6) is 0.765. The number of thiophene rings is 1. The second-order valence-electron chi connectivity index (χ2n) is 4.87. The first-order valence-corrected chi connectivity index (χ1v) is 7.55. The molecule has 1 aromatic heterocycles. The Morgan fingerprint density at radius 1 is 1.35 bits per heavy atom. The number of nitrogens with one attached hydrogen (secondary N) is 1. The Hall–Kier alpha value is -0.380. The first kappa shape index (κ1) is 14.7. The summed E-state index contributed by atoms with van der Waals surface area (Å²) < 4.78 is 0. The Morgan fingerprint density at radius 2 is 2.18 bits per heavy atom. The summed E-state index contributed by atoms with van der Waals surface area (Å²) >= 11 is 1.85. The number of rotatable bonds is 9. The highest BCUT2D eigenvalue weighted by Crippen LogP contribution is 2.07. The zero-order valence-electron chi connectivity index (χ0n) is 11.4. The van der Waals surface area contributed by atoms with E-state index >= 15 is 0 Å². The molecule has 1 aromatic rings. The molecule has 17 heavy (non-hydrogen) atoms. The normalized spacial score (nSPS) is 11.6. The standard InChI is InChI=1S/C14H26N2S/c1-4-16(12-13(2)3)10-9-15-8-7-14-6-5-11-17-14/h5-6,11,13,15H,4,7-10,12H2,1-3H3. The Kier molecular flexibility index (Phi) is 7.49. The van der Waals surface area contributed by atoms with E-state index in [1.807, 2.05) is 11.3 Å². The van der Waals surface area contributed by atoms with Gasteiger partial charge in [-0.05, 0) is 30.3 Å². The topological polar surface area (TPSA) is 15.3 Å². The third-order valence-electron chi connectivity index (χ3n) is 2.80. The van der Waals surface area contributed by atoms with E-state index in [9.17, 15) is 0 Å². The molecule has 0 amide bonds. The van der Waals surface area contributed by atoms with E-state index in [1.54, 1.807) is 0 Å². The predicted octanol–water partition coefficient (Wildman–Crippen LogP) is 2.86. The fourth-order valence-electron chi connectivity index (χ4n) is 1.92. The van der Waals surface area contributed by atoms with Crippen LogP contribution in [0.3, 0.4) is 0 Å². The van der Waals surface area contributed by atoms with Crippen LogP contribution in [0.1, 0.15) is 25.6 Å². The van der Waals surface area contributed by atoms with E-state index in [2.05, 4.69) is 48.5 Å². The largest absolute Gasteiger partial charge is 0.315 e. The fraction of sp³-hybridized carbons (Fsp3) is 0.714. The highest BCUT2D eigenvalue weighted by molar-refractivity contribution is 7.09. The van der Waals surface area contributed by atoms with Crippen molar-refractivity contribution in [1.82, 2.24) is 10.2 Å². The zero-order valence-corrected chi connectivity index (χ0v) is 12.2. The van der Waals surface area contributed by atoms with E-state index in [-0.39, 0.29) is 0 Å². The SMILES string of the molecule is CCN(CCNCCc1cccs1)CC(C)C. The number of nitrogens with zero attached hydrogens (tertiary/aromatic N) is 1. The summed E-state index contributed by atoms with van der Waals surface area (Å²) in [4.78, 5) is 4.00. The molecule has 0 fully saturated rings. The summed E-state index contributed by atoms with van der Waals surface area (Å²) in [7, 11) is 0. The zero-order chi connectivity index (χ0) is 12.5. The molecule has 0 saturated heterocycles. The predicted molar refractivity (Wildman–Crippen MR) is 77.8 cm³/mol. The molecular formula is C14H26N2S. The Morgan fingerprint density at radius 3 is 2.76 bits per heavy atom. The molecule has 0 unspecified atom stereocenters. The van der Waals surface area contributed by atoms with E-state index in [0.29, 0.717) is 0 Å². The molecule has 1 N–H and O–H groups in total. The molecule has 1 heterocycles. The van der Waals surface area contributed by atoms with Gasteiger partial charge in [-0.15, -0.1) is 11.3 Å². The Bertz CT molecular complexity index is 270. The van der Waals surface area contributed by atoms with Gasteiger partial charge >= 0.3 is 0 Å². The van der Waals surface area contributed by atoms with E-state index in [1.165, 1.54) is 18.0 Å². The van der Waals surface area contributed by atoms with Gasteiger partial charge in [-0.25, -0.2) is 0 Å². The van der Waals surface area contributed by atoms with Gasteiger partial charge in [0.1, 0.15) is 0 Å². The van der Waals surface area contributed by atoms with Crippen molar-refractivity contribution in [1.29, 1.82) is 0 Å². The molecular weight excluding hydrogens is 228 g/mol. The van der Waals surface area contributed by atoms with Gasteiger partial charge in [-0.1, -0.05) is 26.8 Å². The number of hydrogen-bond donors (Lipinski definition) is 1. The lowest BCUT2D eigenvalue weighted by Gasteiger charge is -2.22. The maximum absolute atomic E-state index is 3.53. The minimum Gasteiger partial charge on any atom is -0.315 e. The van der Waals surface area contributed by atoms with Crippen LogP contribution in [0, 0.1) is 5.92 Å². The molecule has 98 valence electrons. The highest BCUT2D eigenvalue weighted by atomic mass is 32.1. The van der Waals surface area contributed by atoms with Gasteiger partial charge in [0.15, 0.2) is 0 Å². The van der Waals surface area contributed by atoms with Crippen LogP contribution in [0.5, 0.6) is 0 Å². The lowest BCUT2D eigenvalue weighted by molar-refractivity contribution is 0.256. The van der Waals surface area contributed by atoms with Crippen LogP contribution in [-0.2, 0) is 6.42 Å². The molecule has 1 rings (SSSR count). The fourth-order valence-corrected chi connectivity index (χ4v) is 2.63. The van der Waals surface area contributed by atoms with Crippen molar-refractivity contribution in [2.75, 3.05) is 32.7 Å². The number of hydrogen-bond acceptors (Lipinski definition) is 3. The van der Waals surface area contributed by atoms with Crippen molar-refractivity contribution < 1.29 is 0 Å². The Labute approximate surface area is 110 Å². The first-order chi connectivity index (χ1) is 8.22. The molecule has 0 saturated carbocycles. The van der Waals surface area contributed by atoms with E-state index < -0.39 is 0 Å². The van der Waals surface area contributed by atoms with Crippen LogP contribution in [0.2, 0.25) is 0 Å². The Balaban J connectivity index is 2.02. The van der Waals surface area contributed by atoms with Crippen LogP contribution < -0.4 is 5.32 Å². The van der Waals surface area contributed by atoms with Gasteiger partial charge in [0.2, 0.25) is 0 Å². The average molecular weight is 254 g/mol. The summed E-state index contributed by atoms with van der Waals surface area (Å²) in [6, 6.07) is 4.34. The molecule has 0 spiro atoms. The lowest BCUT2D eigenvalue weighted by atomic mass is 10.2. The van der Waals surface area contributed by atoms with Crippen molar-refractivity contribution in [2.45, 2.75) is 27.2 Å². The minimum atomic E-state index is 0.765. The molecule has 0 atom stereocenters. The third kappa shape index (κ3) is 6.81. The quantitative estimate of drug-likeness (QED) is 0.682. The summed E-state index contributed by atoms with van der Waals surface area (Å²) in [5.41, 5.74) is 0. The molecule has 0 bridgehead atoms. The third-order valence-corrected chi connectivity index (χ3v) is 3.74. The smallest absolute Gasteiger partial charge is 0.0107 e. The second-order valence-corrected chi connectivity index (χ2v) is 5.90. The van der Waals surface area contributed by atoms with Crippen molar-refractivity contribution >= 4 is 11.3 Å². The van der Waals surface area contributed by atoms with Crippen molar-refractivity contribution in [3.63, 3.8) is 0 Å². The maximum Gasteiger partial charge on any atom is 0.0107 e. The van der Waals surface area contributed by atoms with Crippen molar-refractivity contribution in [2.24, 2.45) is 5.92 Å². The molecule has 0 radical (unpaired) electrons. The molecule has 0 aliphatic rings. The van der Waals surface area contributed by atoms with Crippen LogP contribution >= 0.6 is 11.3 Å². The minimum absolute atomic E-state index is 0.765. The number of likely N-dealkylation sites (N-methyl/N-ethyl adjacent to an activating group) is 1. The lowest BCUT2D eigenvalue weighted by Crippen LogP contribution is -2.35. The van der Waals surface area contributed by atoms with E-state index in [0.717, 1.165) is 32.0 Å². The summed E-state index contributed by atoms with van der Waals surface area (Å²) in [5, 5.41) is 5.68. The molecule has 3 heteroatoms. The highest BCUT2D eigenvalue weighted by Gasteiger charge is 2.03. The van der Waals surface area contributed by atoms with Crippen molar-refractivity contribution in [3.8, 4) is 0 Å². The van der Waals surface area contributed by atoms with Gasteiger partial charge in [0.25, 0.3) is 0 Å². The van der Waals surface area contributed by atoms with Crippen molar-refractivity contribution in [3.05, 3.63) is 22.4 Å². The van der Waals surface area contributed by atoms with Gasteiger partial charge in [-0.3, -0.25) is 0 Å². The maximum atomic E-state index is 3.53. The molecule has 0 aliphatic heterocycles. The average Bonchev–Trinajstić information content (AvgIpc) is 2.79. The van der Waals surface area contributed by atoms with Gasteiger partial charge < -0.3 is 10.2 Å². The summed E-state index contributed by atoms with van der Waals surface area (Å²) in [6.45, 7) is 12.5. The molecule has 0 aromatic carbocycles. The van der Waals surface area contributed by atoms with Gasteiger partial charge in [0.05, 0.1) is 0 Å². The molecule has 0 aliphatic carbocycles. The van der Waals surface area contributed by atoms with E-state index in [4.69, 9.17) is 0 Å².